The number of nitrogens with one attached hydrogen (secondary N) is 1. The second kappa shape index (κ2) is 11.0. The van der Waals surface area contributed by atoms with Gasteiger partial charge in [0.05, 0.1) is 0 Å². The van der Waals surface area contributed by atoms with E-state index >= 15 is 0 Å². The number of carbonyl (C=O) groups is 3. The molecule has 1 saturated heterocycles. The second-order valence-corrected chi connectivity index (χ2v) is 9.18. The maximum Gasteiger partial charge on any atom is 0.410 e. The van der Waals surface area contributed by atoms with Crippen molar-refractivity contribution in [2.45, 2.75) is 64.3 Å². The van der Waals surface area contributed by atoms with Gasteiger partial charge in [0.2, 0.25) is 5.91 Å². The highest BCUT2D eigenvalue weighted by Gasteiger charge is 2.37. The van der Waals surface area contributed by atoms with Crippen LogP contribution in [0.5, 0.6) is 0 Å². The van der Waals surface area contributed by atoms with E-state index in [-0.39, 0.29) is 12.5 Å². The van der Waals surface area contributed by atoms with Gasteiger partial charge < -0.3 is 14.8 Å². The molecule has 0 radical (unpaired) electrons. The Morgan fingerprint density at radius 3 is 2.21 bits per heavy atom. The molecule has 1 aliphatic rings. The Labute approximate surface area is 195 Å². The molecular formula is C26H32N2O5. The lowest BCUT2D eigenvalue weighted by Gasteiger charge is -2.27. The Kier molecular flexibility index (Phi) is 8.09. The molecular weight excluding hydrogens is 420 g/mol. The lowest BCUT2D eigenvalue weighted by molar-refractivity contribution is -0.158. The SMILES string of the molecule is CC(C)(C)OC(=O)C(Cc1ccccc1)NC(=O)C1CCCN1C(=O)OCc1ccccc1. The molecule has 2 unspecified atom stereocenters. The van der Waals surface area contributed by atoms with Crippen molar-refractivity contribution in [3.63, 3.8) is 0 Å². The zero-order valence-corrected chi connectivity index (χ0v) is 19.5. The van der Waals surface area contributed by atoms with Crippen molar-refractivity contribution in [2.24, 2.45) is 0 Å². The average molecular weight is 453 g/mol. The summed E-state index contributed by atoms with van der Waals surface area (Å²) in [4.78, 5) is 40.1. The average Bonchev–Trinajstić information content (AvgIpc) is 3.27. The Balaban J connectivity index is 1.66. The van der Waals surface area contributed by atoms with Gasteiger partial charge in [-0.25, -0.2) is 9.59 Å². The van der Waals surface area contributed by atoms with Crippen molar-refractivity contribution >= 4 is 18.0 Å². The van der Waals surface area contributed by atoms with Crippen molar-refractivity contribution in [3.8, 4) is 0 Å². The van der Waals surface area contributed by atoms with Crippen LogP contribution in [0.3, 0.4) is 0 Å². The van der Waals surface area contributed by atoms with Crippen LogP contribution < -0.4 is 5.32 Å². The largest absolute Gasteiger partial charge is 0.458 e. The number of esters is 1. The van der Waals surface area contributed by atoms with E-state index in [2.05, 4.69) is 5.32 Å². The molecule has 2 amide bonds. The van der Waals surface area contributed by atoms with Crippen LogP contribution >= 0.6 is 0 Å². The summed E-state index contributed by atoms with van der Waals surface area (Å²) >= 11 is 0. The first-order valence-electron chi connectivity index (χ1n) is 11.3. The third-order valence-electron chi connectivity index (χ3n) is 5.29. The van der Waals surface area contributed by atoms with E-state index in [0.717, 1.165) is 11.1 Å². The summed E-state index contributed by atoms with van der Waals surface area (Å²) in [6.07, 6.45) is 0.966. The fourth-order valence-electron chi connectivity index (χ4n) is 3.74. The molecule has 0 aromatic heterocycles. The van der Waals surface area contributed by atoms with E-state index < -0.39 is 29.7 Å². The molecule has 2 aromatic rings. The van der Waals surface area contributed by atoms with Crippen molar-refractivity contribution < 1.29 is 23.9 Å². The summed E-state index contributed by atoms with van der Waals surface area (Å²) < 4.78 is 11.0. The fourth-order valence-corrected chi connectivity index (χ4v) is 3.74. The summed E-state index contributed by atoms with van der Waals surface area (Å²) in [5, 5.41) is 2.83. The number of amides is 2. The lowest BCUT2D eigenvalue weighted by atomic mass is 10.0. The van der Waals surface area contributed by atoms with Crippen LogP contribution in [0.4, 0.5) is 4.79 Å². The maximum absolute atomic E-state index is 13.1. The molecule has 7 heteroatoms. The smallest absolute Gasteiger partial charge is 0.410 e. The van der Waals surface area contributed by atoms with Gasteiger partial charge in [-0.15, -0.1) is 0 Å². The van der Waals surface area contributed by atoms with E-state index in [1.165, 1.54) is 4.90 Å². The summed E-state index contributed by atoms with van der Waals surface area (Å²) in [5.74, 6) is -0.883. The van der Waals surface area contributed by atoms with Crippen LogP contribution in [-0.2, 0) is 32.1 Å². The van der Waals surface area contributed by atoms with Crippen LogP contribution in [0, 0.1) is 0 Å². The Morgan fingerprint density at radius 1 is 1.00 bits per heavy atom. The van der Waals surface area contributed by atoms with Gasteiger partial charge in [0.1, 0.15) is 24.3 Å². The van der Waals surface area contributed by atoms with Crippen molar-refractivity contribution in [3.05, 3.63) is 71.8 Å². The van der Waals surface area contributed by atoms with Crippen LogP contribution in [0.15, 0.2) is 60.7 Å². The summed E-state index contributed by atoms with van der Waals surface area (Å²) in [7, 11) is 0. The van der Waals surface area contributed by atoms with Crippen molar-refractivity contribution in [1.82, 2.24) is 10.2 Å². The summed E-state index contributed by atoms with van der Waals surface area (Å²) in [6.45, 7) is 5.93. The molecule has 0 bridgehead atoms. The standard InChI is InChI=1S/C26H32N2O5/c1-26(2,3)33-24(30)21(17-19-11-6-4-7-12-19)27-23(29)22-15-10-16-28(22)25(31)32-18-20-13-8-5-9-14-20/h4-9,11-14,21-22H,10,15-18H2,1-3H3,(H,27,29). The van der Waals surface area contributed by atoms with E-state index in [9.17, 15) is 14.4 Å². The van der Waals surface area contributed by atoms with Crippen LogP contribution in [0.1, 0.15) is 44.7 Å². The summed E-state index contributed by atoms with van der Waals surface area (Å²) in [6, 6.07) is 17.3. The molecule has 1 N–H and O–H groups in total. The minimum atomic E-state index is -0.859. The van der Waals surface area contributed by atoms with Crippen molar-refractivity contribution in [1.29, 1.82) is 0 Å². The molecule has 1 heterocycles. The Bertz CT molecular complexity index is 940. The molecule has 7 nitrogen and oxygen atoms in total. The van der Waals surface area contributed by atoms with Crippen LogP contribution in [-0.4, -0.2) is 47.1 Å². The Hall–Kier alpha value is -3.35. The molecule has 1 fully saturated rings. The molecule has 176 valence electrons. The van der Waals surface area contributed by atoms with Gasteiger partial charge in [0.15, 0.2) is 0 Å². The lowest BCUT2D eigenvalue weighted by Crippen LogP contribution is -2.52. The van der Waals surface area contributed by atoms with Crippen LogP contribution in [0.25, 0.3) is 0 Å². The zero-order valence-electron chi connectivity index (χ0n) is 19.5. The predicted octanol–water partition coefficient (Wildman–Crippen LogP) is 3.86. The first kappa shape index (κ1) is 24.3. The van der Waals surface area contributed by atoms with Gasteiger partial charge in [-0.05, 0) is 44.7 Å². The van der Waals surface area contributed by atoms with Crippen molar-refractivity contribution in [2.75, 3.05) is 6.54 Å². The highest BCUT2D eigenvalue weighted by Crippen LogP contribution is 2.20. The number of hydrogen-bond donors (Lipinski definition) is 1. The highest BCUT2D eigenvalue weighted by atomic mass is 16.6. The van der Waals surface area contributed by atoms with Gasteiger partial charge in [0.25, 0.3) is 0 Å². The molecule has 3 rings (SSSR count). The van der Waals surface area contributed by atoms with E-state index in [1.54, 1.807) is 20.8 Å². The van der Waals surface area contributed by atoms with Crippen LogP contribution in [0.2, 0.25) is 0 Å². The first-order valence-corrected chi connectivity index (χ1v) is 11.3. The van der Waals surface area contributed by atoms with Gasteiger partial charge in [-0.1, -0.05) is 60.7 Å². The van der Waals surface area contributed by atoms with Gasteiger partial charge in [-0.3, -0.25) is 9.69 Å². The number of benzene rings is 2. The molecule has 0 aliphatic carbocycles. The number of ether oxygens (including phenoxy) is 2. The maximum atomic E-state index is 13.1. The molecule has 0 saturated carbocycles. The number of hydrogen-bond acceptors (Lipinski definition) is 5. The third kappa shape index (κ3) is 7.34. The van der Waals surface area contributed by atoms with Gasteiger partial charge >= 0.3 is 12.1 Å². The second-order valence-electron chi connectivity index (χ2n) is 9.18. The van der Waals surface area contributed by atoms with Gasteiger partial charge in [0, 0.05) is 13.0 Å². The van der Waals surface area contributed by atoms with Gasteiger partial charge in [-0.2, -0.15) is 0 Å². The predicted molar refractivity (Wildman–Crippen MR) is 124 cm³/mol. The number of rotatable bonds is 7. The molecule has 1 aliphatic heterocycles. The number of nitrogens with zero attached hydrogens (tertiary/aromatic N) is 1. The van der Waals surface area contributed by atoms with E-state index in [1.807, 2.05) is 60.7 Å². The molecule has 33 heavy (non-hydrogen) atoms. The topological polar surface area (TPSA) is 84.9 Å². The van der Waals surface area contributed by atoms with E-state index in [4.69, 9.17) is 9.47 Å². The number of carbonyl (C=O) groups excluding carboxylic acids is 3. The third-order valence-corrected chi connectivity index (χ3v) is 5.29. The summed E-state index contributed by atoms with van der Waals surface area (Å²) in [5.41, 5.74) is 1.09. The number of likely N-dealkylation sites (tertiary alicyclic amines) is 1. The molecule has 2 aromatic carbocycles. The quantitative estimate of drug-likeness (QED) is 0.645. The highest BCUT2D eigenvalue weighted by molar-refractivity contribution is 5.90. The molecule has 2 atom stereocenters. The molecule has 0 spiro atoms. The minimum Gasteiger partial charge on any atom is -0.458 e. The normalized spacial score (nSPS) is 16.7. The Morgan fingerprint density at radius 2 is 1.61 bits per heavy atom. The monoisotopic (exact) mass is 452 g/mol. The fraction of sp³-hybridized carbons (Fsp3) is 0.423. The van der Waals surface area contributed by atoms with E-state index in [0.29, 0.717) is 25.8 Å². The zero-order chi connectivity index (χ0) is 23.8. The minimum absolute atomic E-state index is 0.138. The first-order chi connectivity index (χ1) is 15.7.